The van der Waals surface area contributed by atoms with Gasteiger partial charge >= 0.3 is 5.97 Å². The normalized spacial score (nSPS) is 11.3. The lowest BCUT2D eigenvalue weighted by atomic mass is 10.1. The molecule has 0 fully saturated rings. The van der Waals surface area contributed by atoms with E-state index in [0.29, 0.717) is 13.2 Å². The molecule has 0 aliphatic rings. The van der Waals surface area contributed by atoms with Crippen LogP contribution in [0.5, 0.6) is 0 Å². The van der Waals surface area contributed by atoms with Crippen molar-refractivity contribution in [1.29, 1.82) is 0 Å². The monoisotopic (exact) mass is 159 g/mol. The predicted octanol–water partition coefficient (Wildman–Crippen LogP) is 1.29. The molecule has 0 saturated heterocycles. The van der Waals surface area contributed by atoms with Gasteiger partial charge in [0.05, 0.1) is 0 Å². The second-order valence-electron chi connectivity index (χ2n) is 3.44. The lowest BCUT2D eigenvalue weighted by Crippen LogP contribution is -2.37. The van der Waals surface area contributed by atoms with E-state index >= 15 is 0 Å². The molecule has 0 amide bonds. The van der Waals surface area contributed by atoms with Gasteiger partial charge in [0.25, 0.3) is 0 Å². The number of nitrogens with one attached hydrogen (secondary N) is 1. The minimum Gasteiger partial charge on any atom is -0.450 e. The lowest BCUT2D eigenvalue weighted by molar-refractivity contribution is -0.144. The van der Waals surface area contributed by atoms with Crippen molar-refractivity contribution in [3.05, 3.63) is 0 Å². The van der Waals surface area contributed by atoms with Gasteiger partial charge in [-0.1, -0.05) is 6.92 Å². The van der Waals surface area contributed by atoms with Gasteiger partial charge in [-0.15, -0.1) is 0 Å². The van der Waals surface area contributed by atoms with Crippen molar-refractivity contribution in [2.75, 3.05) is 6.73 Å². The Labute approximate surface area is 68.1 Å². The molecule has 0 heterocycles. The van der Waals surface area contributed by atoms with Crippen molar-refractivity contribution in [3.63, 3.8) is 0 Å². The Balaban J connectivity index is 3.35. The zero-order chi connectivity index (χ0) is 8.91. The first kappa shape index (κ1) is 10.4. The van der Waals surface area contributed by atoms with E-state index in [1.54, 1.807) is 6.92 Å². The van der Waals surface area contributed by atoms with Crippen LogP contribution in [0.2, 0.25) is 0 Å². The van der Waals surface area contributed by atoms with Gasteiger partial charge in [0, 0.05) is 12.0 Å². The maximum atomic E-state index is 10.6. The quantitative estimate of drug-likeness (QED) is 0.498. The van der Waals surface area contributed by atoms with Gasteiger partial charge in [0.2, 0.25) is 0 Å². The van der Waals surface area contributed by atoms with Crippen LogP contribution in [0.4, 0.5) is 0 Å². The van der Waals surface area contributed by atoms with Gasteiger partial charge in [0.15, 0.2) is 0 Å². The van der Waals surface area contributed by atoms with E-state index in [0.717, 1.165) is 0 Å². The number of hydrogen-bond donors (Lipinski definition) is 1. The van der Waals surface area contributed by atoms with E-state index in [2.05, 4.69) is 5.32 Å². The van der Waals surface area contributed by atoms with Crippen LogP contribution in [0.1, 0.15) is 34.1 Å². The minimum atomic E-state index is -0.165. The van der Waals surface area contributed by atoms with Crippen molar-refractivity contribution in [3.8, 4) is 0 Å². The van der Waals surface area contributed by atoms with Crippen LogP contribution in [-0.4, -0.2) is 18.2 Å². The largest absolute Gasteiger partial charge is 0.450 e. The molecule has 0 saturated carbocycles. The van der Waals surface area contributed by atoms with Crippen LogP contribution >= 0.6 is 0 Å². The molecule has 0 aromatic heterocycles. The second kappa shape index (κ2) is 4.34. The van der Waals surface area contributed by atoms with Crippen molar-refractivity contribution in [1.82, 2.24) is 5.32 Å². The van der Waals surface area contributed by atoms with Crippen molar-refractivity contribution in [2.45, 2.75) is 39.7 Å². The molecule has 0 aromatic rings. The zero-order valence-corrected chi connectivity index (χ0v) is 7.73. The molecule has 0 aliphatic heterocycles. The Morgan fingerprint density at radius 1 is 1.45 bits per heavy atom. The summed E-state index contributed by atoms with van der Waals surface area (Å²) < 4.78 is 4.82. The first-order valence-electron chi connectivity index (χ1n) is 3.86. The van der Waals surface area contributed by atoms with Crippen LogP contribution < -0.4 is 5.32 Å². The van der Waals surface area contributed by atoms with E-state index < -0.39 is 0 Å². The lowest BCUT2D eigenvalue weighted by Gasteiger charge is -2.19. The molecule has 0 rings (SSSR count). The van der Waals surface area contributed by atoms with E-state index in [1.165, 1.54) is 0 Å². The van der Waals surface area contributed by atoms with Gasteiger partial charge in [-0.3, -0.25) is 10.1 Å². The fraction of sp³-hybridized carbons (Fsp3) is 0.875. The van der Waals surface area contributed by atoms with E-state index in [-0.39, 0.29) is 11.5 Å². The second-order valence-corrected chi connectivity index (χ2v) is 3.44. The summed E-state index contributed by atoms with van der Waals surface area (Å²) in [5.74, 6) is -0.165. The number of esters is 1. The smallest absolute Gasteiger partial charge is 0.306 e. The maximum Gasteiger partial charge on any atom is 0.306 e. The fourth-order valence-corrected chi connectivity index (χ4v) is 0.435. The van der Waals surface area contributed by atoms with Gasteiger partial charge in [-0.2, -0.15) is 0 Å². The Bertz CT molecular complexity index is 127. The molecule has 0 atom stereocenters. The van der Waals surface area contributed by atoms with Gasteiger partial charge in [-0.05, 0) is 20.8 Å². The van der Waals surface area contributed by atoms with Gasteiger partial charge in [0.1, 0.15) is 6.73 Å². The van der Waals surface area contributed by atoms with Crippen LogP contribution in [0, 0.1) is 0 Å². The van der Waals surface area contributed by atoms with Crippen LogP contribution in [0.3, 0.4) is 0 Å². The van der Waals surface area contributed by atoms with Crippen LogP contribution in [0.15, 0.2) is 0 Å². The third-order valence-electron chi connectivity index (χ3n) is 1.12. The molecule has 0 spiro atoms. The number of carbonyl (C=O) groups excluding carboxylic acids is 1. The molecule has 0 aliphatic carbocycles. The highest BCUT2D eigenvalue weighted by molar-refractivity contribution is 5.68. The summed E-state index contributed by atoms with van der Waals surface area (Å²) in [6, 6.07) is 0. The summed E-state index contributed by atoms with van der Waals surface area (Å²) >= 11 is 0. The number of ether oxygens (including phenoxy) is 1. The molecular formula is C8H17NO2. The molecule has 0 unspecified atom stereocenters. The molecule has 1 N–H and O–H groups in total. The van der Waals surface area contributed by atoms with Gasteiger partial charge in [-0.25, -0.2) is 0 Å². The molecule has 0 aromatic carbocycles. The highest BCUT2D eigenvalue weighted by Gasteiger charge is 2.08. The predicted molar refractivity (Wildman–Crippen MR) is 44.1 cm³/mol. The fourth-order valence-electron chi connectivity index (χ4n) is 0.435. The molecular weight excluding hydrogens is 142 g/mol. The van der Waals surface area contributed by atoms with Gasteiger partial charge < -0.3 is 4.74 Å². The highest BCUT2D eigenvalue weighted by Crippen LogP contribution is 1.97. The molecule has 66 valence electrons. The summed E-state index contributed by atoms with van der Waals surface area (Å²) in [5, 5.41) is 3.04. The van der Waals surface area contributed by atoms with Crippen LogP contribution in [-0.2, 0) is 9.53 Å². The van der Waals surface area contributed by atoms with Crippen molar-refractivity contribution < 1.29 is 9.53 Å². The maximum absolute atomic E-state index is 10.6. The molecule has 11 heavy (non-hydrogen) atoms. The number of carbonyl (C=O) groups is 1. The molecule has 3 nitrogen and oxygen atoms in total. The van der Waals surface area contributed by atoms with Crippen molar-refractivity contribution >= 4 is 5.97 Å². The molecule has 0 radical (unpaired) electrons. The third-order valence-corrected chi connectivity index (χ3v) is 1.12. The van der Waals surface area contributed by atoms with E-state index in [9.17, 15) is 4.79 Å². The Morgan fingerprint density at radius 2 is 2.00 bits per heavy atom. The summed E-state index contributed by atoms with van der Waals surface area (Å²) in [6.07, 6.45) is 0.436. The Morgan fingerprint density at radius 3 is 2.36 bits per heavy atom. The third kappa shape index (κ3) is 7.33. The summed E-state index contributed by atoms with van der Waals surface area (Å²) in [4.78, 5) is 10.6. The van der Waals surface area contributed by atoms with E-state index in [4.69, 9.17) is 4.74 Å². The summed E-state index contributed by atoms with van der Waals surface area (Å²) in [7, 11) is 0. The first-order chi connectivity index (χ1) is 4.95. The Hall–Kier alpha value is -0.570. The number of hydrogen-bond acceptors (Lipinski definition) is 3. The van der Waals surface area contributed by atoms with Crippen LogP contribution in [0.25, 0.3) is 0 Å². The summed E-state index contributed by atoms with van der Waals surface area (Å²) in [5.41, 5.74) is 0.00796. The van der Waals surface area contributed by atoms with Crippen molar-refractivity contribution in [2.24, 2.45) is 0 Å². The zero-order valence-electron chi connectivity index (χ0n) is 7.73. The number of rotatable bonds is 3. The molecule has 0 bridgehead atoms. The van der Waals surface area contributed by atoms with E-state index in [1.807, 2.05) is 20.8 Å². The minimum absolute atomic E-state index is 0.00796. The Kier molecular flexibility index (Phi) is 4.11. The average molecular weight is 159 g/mol. The standard InChI is InChI=1S/C8H17NO2/c1-5-7(10)11-6-9-8(2,3)4/h9H,5-6H2,1-4H3. The SMILES string of the molecule is CCC(=O)OCNC(C)(C)C. The highest BCUT2D eigenvalue weighted by atomic mass is 16.5. The average Bonchev–Trinajstić information content (AvgIpc) is 1.85. The molecule has 3 heteroatoms. The first-order valence-corrected chi connectivity index (χ1v) is 3.86. The summed E-state index contributed by atoms with van der Waals surface area (Å²) in [6.45, 7) is 8.14. The topological polar surface area (TPSA) is 38.3 Å².